The number of nitrogens with one attached hydrogen (secondary N) is 2. The molecule has 2 heterocycles. The van der Waals surface area contributed by atoms with Gasteiger partial charge in [-0.15, -0.1) is 0 Å². The number of aromatic amines is 2. The van der Waals surface area contributed by atoms with Crippen LogP contribution in [-0.4, -0.2) is 33.0 Å². The van der Waals surface area contributed by atoms with Crippen molar-refractivity contribution in [3.05, 3.63) is 75.1 Å². The molecule has 0 bridgehead atoms. The minimum absolute atomic E-state index is 0.00374. The highest BCUT2D eigenvalue weighted by molar-refractivity contribution is 5.99. The predicted octanol–water partition coefficient (Wildman–Crippen LogP) is 4.59. The molecule has 0 fully saturated rings. The van der Waals surface area contributed by atoms with Gasteiger partial charge in [-0.3, -0.25) is 9.59 Å². The van der Waals surface area contributed by atoms with E-state index >= 15 is 0 Å². The fourth-order valence-corrected chi connectivity index (χ4v) is 3.57. The summed E-state index contributed by atoms with van der Waals surface area (Å²) in [6.07, 6.45) is -2.95. The Morgan fingerprint density at radius 2 is 1.66 bits per heavy atom. The number of amides is 1. The lowest BCUT2D eigenvalue weighted by atomic mass is 10.1. The molecule has 2 N–H and O–H groups in total. The van der Waals surface area contributed by atoms with Crippen molar-refractivity contribution in [2.45, 2.75) is 19.4 Å². The summed E-state index contributed by atoms with van der Waals surface area (Å²) in [5.74, 6) is -3.94. The fourth-order valence-electron chi connectivity index (χ4n) is 3.57. The number of alkyl halides is 2. The summed E-state index contributed by atoms with van der Waals surface area (Å²) in [5.41, 5.74) is -1.27. The number of hydrogen-bond acceptors (Lipinski definition) is 3. The molecule has 0 saturated heterocycles. The van der Waals surface area contributed by atoms with Crippen LogP contribution >= 0.6 is 0 Å². The second-order valence-electron chi connectivity index (χ2n) is 7.28. The Balaban J connectivity index is 1.75. The van der Waals surface area contributed by atoms with Crippen molar-refractivity contribution < 1.29 is 26.7 Å². The molecule has 6 nitrogen and oxygen atoms in total. The van der Waals surface area contributed by atoms with Gasteiger partial charge in [0.2, 0.25) is 0 Å². The van der Waals surface area contributed by atoms with Gasteiger partial charge in [0, 0.05) is 28.9 Å². The van der Waals surface area contributed by atoms with Crippen LogP contribution in [0.15, 0.2) is 35.1 Å². The molecule has 1 atom stereocenters. The maximum atomic E-state index is 13.8. The Morgan fingerprint density at radius 1 is 1.00 bits per heavy atom. The quantitative estimate of drug-likeness (QED) is 0.446. The highest BCUT2D eigenvalue weighted by Gasteiger charge is 2.26. The van der Waals surface area contributed by atoms with Gasteiger partial charge >= 0.3 is 0 Å². The number of benzene rings is 2. The van der Waals surface area contributed by atoms with E-state index in [1.54, 1.807) is 0 Å². The highest BCUT2D eigenvalue weighted by atomic mass is 19.3. The van der Waals surface area contributed by atoms with Crippen molar-refractivity contribution in [3.8, 4) is 0 Å². The molecule has 2 aromatic heterocycles. The van der Waals surface area contributed by atoms with Gasteiger partial charge in [-0.1, -0.05) is 0 Å². The first-order chi connectivity index (χ1) is 15.1. The monoisotopic (exact) mass is 450 g/mol. The van der Waals surface area contributed by atoms with E-state index < -0.39 is 46.9 Å². The third-order valence-corrected chi connectivity index (χ3v) is 5.36. The normalized spacial score (nSPS) is 12.6. The van der Waals surface area contributed by atoms with E-state index in [4.69, 9.17) is 0 Å². The summed E-state index contributed by atoms with van der Waals surface area (Å²) in [6.45, 7) is 1.53. The standard InChI is InChI=1S/C21H15F5N4O2/c1-8(18-11-5-14(23)15(24)6-13(11)20(31)29-28-18)30(2)21(32)17-7-10-12(19(25)26)3-9(22)4-16(10)27-17/h3-8,19,27H,1-2H3,(H,29,31). The van der Waals surface area contributed by atoms with Gasteiger partial charge in [-0.25, -0.2) is 27.1 Å². The second kappa shape index (κ2) is 7.74. The number of rotatable bonds is 4. The Bertz CT molecular complexity index is 1430. The van der Waals surface area contributed by atoms with Gasteiger partial charge in [-0.05, 0) is 37.3 Å². The number of aromatic nitrogens is 3. The van der Waals surface area contributed by atoms with E-state index in [0.29, 0.717) is 6.07 Å². The molecule has 11 heteroatoms. The van der Waals surface area contributed by atoms with E-state index in [1.807, 2.05) is 0 Å². The Kier molecular flexibility index (Phi) is 5.19. The molecular weight excluding hydrogens is 435 g/mol. The lowest BCUT2D eigenvalue weighted by Gasteiger charge is -2.24. The molecule has 4 rings (SSSR count). The molecule has 0 aliphatic rings. The summed E-state index contributed by atoms with van der Waals surface area (Å²) in [5, 5.41) is 5.93. The highest BCUT2D eigenvalue weighted by Crippen LogP contribution is 2.31. The van der Waals surface area contributed by atoms with Crippen molar-refractivity contribution >= 4 is 27.6 Å². The molecule has 0 aliphatic heterocycles. The second-order valence-corrected chi connectivity index (χ2v) is 7.28. The molecule has 0 aliphatic carbocycles. The predicted molar refractivity (Wildman–Crippen MR) is 106 cm³/mol. The molecular formula is C21H15F5N4O2. The summed E-state index contributed by atoms with van der Waals surface area (Å²) < 4.78 is 67.6. The van der Waals surface area contributed by atoms with Crippen LogP contribution < -0.4 is 5.56 Å². The topological polar surface area (TPSA) is 81.8 Å². The number of H-pyrrole nitrogens is 2. The molecule has 1 amide bonds. The van der Waals surface area contributed by atoms with Crippen LogP contribution in [0.25, 0.3) is 21.7 Å². The Labute approximate surface area is 176 Å². The van der Waals surface area contributed by atoms with Crippen LogP contribution in [0.4, 0.5) is 22.0 Å². The van der Waals surface area contributed by atoms with Crippen molar-refractivity contribution in [2.24, 2.45) is 0 Å². The molecule has 166 valence electrons. The molecule has 0 saturated carbocycles. The molecule has 0 spiro atoms. The van der Waals surface area contributed by atoms with Gasteiger partial charge in [0.05, 0.1) is 17.1 Å². The summed E-state index contributed by atoms with van der Waals surface area (Å²) in [7, 11) is 1.38. The Morgan fingerprint density at radius 3 is 2.31 bits per heavy atom. The maximum absolute atomic E-state index is 13.8. The van der Waals surface area contributed by atoms with E-state index in [1.165, 1.54) is 24.9 Å². The smallest absolute Gasteiger partial charge is 0.272 e. The third-order valence-electron chi connectivity index (χ3n) is 5.36. The third kappa shape index (κ3) is 3.49. The van der Waals surface area contributed by atoms with Gasteiger partial charge < -0.3 is 9.88 Å². The van der Waals surface area contributed by atoms with Crippen molar-refractivity contribution in [2.75, 3.05) is 7.05 Å². The SMILES string of the molecule is CC(c1n[nH]c(=O)c2cc(F)c(F)cc12)N(C)C(=O)c1cc2c(C(F)F)cc(F)cc2[nH]1. The lowest BCUT2D eigenvalue weighted by Crippen LogP contribution is -2.31. The minimum Gasteiger partial charge on any atom is -0.350 e. The van der Waals surface area contributed by atoms with E-state index in [-0.39, 0.29) is 33.1 Å². The first-order valence-corrected chi connectivity index (χ1v) is 9.33. The number of halogens is 5. The summed E-state index contributed by atoms with van der Waals surface area (Å²) in [4.78, 5) is 28.8. The average molecular weight is 450 g/mol. The maximum Gasteiger partial charge on any atom is 0.272 e. The molecule has 2 aromatic carbocycles. The van der Waals surface area contributed by atoms with Crippen molar-refractivity contribution in [3.63, 3.8) is 0 Å². The number of hydrogen-bond donors (Lipinski definition) is 2. The van der Waals surface area contributed by atoms with Gasteiger partial charge in [0.25, 0.3) is 17.9 Å². The largest absolute Gasteiger partial charge is 0.350 e. The number of nitrogens with zero attached hydrogens (tertiary/aromatic N) is 2. The van der Waals surface area contributed by atoms with Crippen molar-refractivity contribution in [1.82, 2.24) is 20.1 Å². The molecule has 32 heavy (non-hydrogen) atoms. The van der Waals surface area contributed by atoms with Gasteiger partial charge in [-0.2, -0.15) is 5.10 Å². The first kappa shape index (κ1) is 21.5. The van der Waals surface area contributed by atoms with Crippen LogP contribution in [0.5, 0.6) is 0 Å². The molecule has 4 aromatic rings. The summed E-state index contributed by atoms with van der Waals surface area (Å²) >= 11 is 0. The van der Waals surface area contributed by atoms with E-state index in [9.17, 15) is 31.5 Å². The van der Waals surface area contributed by atoms with Crippen LogP contribution in [0, 0.1) is 17.5 Å². The molecule has 0 radical (unpaired) electrons. The minimum atomic E-state index is -2.95. The number of carbonyl (C=O) groups excluding carboxylic acids is 1. The van der Waals surface area contributed by atoms with Crippen LogP contribution in [-0.2, 0) is 0 Å². The van der Waals surface area contributed by atoms with Crippen LogP contribution in [0.2, 0.25) is 0 Å². The van der Waals surface area contributed by atoms with E-state index in [2.05, 4.69) is 15.2 Å². The lowest BCUT2D eigenvalue weighted by molar-refractivity contribution is 0.0735. The zero-order valence-corrected chi connectivity index (χ0v) is 16.6. The average Bonchev–Trinajstić information content (AvgIpc) is 3.17. The number of fused-ring (bicyclic) bond motifs is 2. The fraction of sp³-hybridized carbons (Fsp3) is 0.190. The zero-order chi connectivity index (χ0) is 23.3. The summed E-state index contributed by atoms with van der Waals surface area (Å²) in [6, 6.07) is 3.60. The van der Waals surface area contributed by atoms with Crippen molar-refractivity contribution in [1.29, 1.82) is 0 Å². The van der Waals surface area contributed by atoms with Crippen LogP contribution in [0.3, 0.4) is 0 Å². The van der Waals surface area contributed by atoms with E-state index in [0.717, 1.165) is 18.2 Å². The zero-order valence-electron chi connectivity index (χ0n) is 16.6. The molecule has 1 unspecified atom stereocenters. The van der Waals surface area contributed by atoms with Gasteiger partial charge in [0.15, 0.2) is 11.6 Å². The Hall–Kier alpha value is -3.76. The van der Waals surface area contributed by atoms with Gasteiger partial charge in [0.1, 0.15) is 11.5 Å². The first-order valence-electron chi connectivity index (χ1n) is 9.33. The number of carbonyl (C=O) groups is 1. The van der Waals surface area contributed by atoms with Crippen LogP contribution in [0.1, 0.15) is 41.1 Å².